The summed E-state index contributed by atoms with van der Waals surface area (Å²) >= 11 is 6.41. The van der Waals surface area contributed by atoms with Gasteiger partial charge in [0.2, 0.25) is 5.91 Å². The number of pyridine rings is 1. The minimum Gasteiger partial charge on any atom is -0.445 e. The average molecular weight is 438 g/mol. The van der Waals surface area contributed by atoms with E-state index in [0.29, 0.717) is 18.1 Å². The van der Waals surface area contributed by atoms with Crippen molar-refractivity contribution in [1.29, 1.82) is 0 Å². The van der Waals surface area contributed by atoms with Crippen LogP contribution < -0.4 is 0 Å². The Labute approximate surface area is 186 Å². The van der Waals surface area contributed by atoms with E-state index in [1.54, 1.807) is 17.9 Å². The largest absolute Gasteiger partial charge is 0.445 e. The van der Waals surface area contributed by atoms with Crippen molar-refractivity contribution in [3.05, 3.63) is 76.9 Å². The molecule has 4 rings (SSSR count). The fourth-order valence-electron chi connectivity index (χ4n) is 4.00. The quantitative estimate of drug-likeness (QED) is 0.596. The van der Waals surface area contributed by atoms with Crippen LogP contribution in [0.15, 0.2) is 60.7 Å². The van der Waals surface area contributed by atoms with Gasteiger partial charge in [0, 0.05) is 11.9 Å². The molecule has 0 bridgehead atoms. The summed E-state index contributed by atoms with van der Waals surface area (Å²) in [7, 11) is 0. The molecule has 1 aromatic heterocycles. The van der Waals surface area contributed by atoms with Gasteiger partial charge in [-0.1, -0.05) is 60.1 Å². The summed E-state index contributed by atoms with van der Waals surface area (Å²) < 4.78 is 5.46. The van der Waals surface area contributed by atoms with Crippen LogP contribution in [0.4, 0.5) is 4.79 Å². The van der Waals surface area contributed by atoms with Gasteiger partial charge in [0.1, 0.15) is 12.6 Å². The SMILES string of the molecule is CC1CN(Cc2cc(Cl)c3ccccc3n2)C(=O)[C@H](C)N1C(=O)OCc1ccccc1. The summed E-state index contributed by atoms with van der Waals surface area (Å²) in [5.41, 5.74) is 2.42. The average Bonchev–Trinajstić information content (AvgIpc) is 2.77. The van der Waals surface area contributed by atoms with E-state index in [0.717, 1.165) is 22.2 Å². The number of carbonyl (C=O) groups excluding carboxylic acids is 2. The molecular formula is C24H24ClN3O3. The second kappa shape index (κ2) is 8.94. The zero-order valence-electron chi connectivity index (χ0n) is 17.5. The molecule has 0 radical (unpaired) electrons. The number of para-hydroxylation sites is 1. The highest BCUT2D eigenvalue weighted by atomic mass is 35.5. The van der Waals surface area contributed by atoms with Gasteiger partial charge in [-0.25, -0.2) is 4.79 Å². The number of nitrogens with zero attached hydrogens (tertiary/aromatic N) is 3. The Kier molecular flexibility index (Phi) is 6.09. The minimum atomic E-state index is -0.622. The molecule has 0 aliphatic carbocycles. The van der Waals surface area contributed by atoms with Crippen molar-refractivity contribution in [2.45, 2.75) is 39.1 Å². The van der Waals surface area contributed by atoms with Gasteiger partial charge in [0.15, 0.2) is 0 Å². The van der Waals surface area contributed by atoms with E-state index >= 15 is 0 Å². The summed E-state index contributed by atoms with van der Waals surface area (Å²) in [6, 6.07) is 18.1. The van der Waals surface area contributed by atoms with Crippen LogP contribution in [0.1, 0.15) is 25.1 Å². The van der Waals surface area contributed by atoms with E-state index in [4.69, 9.17) is 16.3 Å². The van der Waals surface area contributed by atoms with Crippen LogP contribution in [-0.2, 0) is 22.7 Å². The lowest BCUT2D eigenvalue weighted by molar-refractivity contribution is -0.143. The molecule has 2 atom stereocenters. The number of rotatable bonds is 4. The molecule has 31 heavy (non-hydrogen) atoms. The van der Waals surface area contributed by atoms with Crippen LogP contribution in [0.5, 0.6) is 0 Å². The van der Waals surface area contributed by atoms with E-state index in [9.17, 15) is 9.59 Å². The third-order valence-electron chi connectivity index (χ3n) is 5.53. The zero-order chi connectivity index (χ0) is 22.0. The van der Waals surface area contributed by atoms with Crippen LogP contribution >= 0.6 is 11.6 Å². The Hall–Kier alpha value is -3.12. The maximum absolute atomic E-state index is 13.0. The summed E-state index contributed by atoms with van der Waals surface area (Å²) in [5, 5.41) is 1.49. The minimum absolute atomic E-state index is 0.138. The van der Waals surface area contributed by atoms with E-state index in [2.05, 4.69) is 4.98 Å². The third kappa shape index (κ3) is 4.49. The fraction of sp³-hybridized carbons (Fsp3) is 0.292. The standard InChI is InChI=1S/C24H24ClN3O3/c1-16-13-27(14-19-12-21(25)20-10-6-7-11-22(20)26-19)23(29)17(2)28(16)24(30)31-15-18-8-4-3-5-9-18/h3-12,16-17H,13-15H2,1-2H3/t16?,17-/m0/s1. The molecule has 0 N–H and O–H groups in total. The summed E-state index contributed by atoms with van der Waals surface area (Å²) in [4.78, 5) is 33.6. The number of ether oxygens (including phenoxy) is 1. The van der Waals surface area contributed by atoms with Crippen LogP contribution in [0.25, 0.3) is 10.9 Å². The smallest absolute Gasteiger partial charge is 0.411 e. The molecule has 3 aromatic rings. The highest BCUT2D eigenvalue weighted by Crippen LogP contribution is 2.25. The van der Waals surface area contributed by atoms with Gasteiger partial charge in [-0.2, -0.15) is 0 Å². The number of halogens is 1. The fourth-order valence-corrected chi connectivity index (χ4v) is 4.28. The first-order valence-electron chi connectivity index (χ1n) is 10.3. The summed E-state index contributed by atoms with van der Waals surface area (Å²) in [6.45, 7) is 4.56. The van der Waals surface area contributed by atoms with E-state index in [-0.39, 0.29) is 18.6 Å². The van der Waals surface area contributed by atoms with E-state index < -0.39 is 12.1 Å². The number of amides is 2. The predicted molar refractivity (Wildman–Crippen MR) is 120 cm³/mol. The molecule has 1 aliphatic heterocycles. The maximum Gasteiger partial charge on any atom is 0.411 e. The van der Waals surface area contributed by atoms with Gasteiger partial charge in [-0.15, -0.1) is 0 Å². The molecule has 1 saturated heterocycles. The van der Waals surface area contributed by atoms with Gasteiger partial charge in [-0.3, -0.25) is 14.7 Å². The maximum atomic E-state index is 13.0. The van der Waals surface area contributed by atoms with E-state index in [1.165, 1.54) is 4.90 Å². The highest BCUT2D eigenvalue weighted by molar-refractivity contribution is 6.35. The molecule has 160 valence electrons. The molecule has 1 unspecified atom stereocenters. The highest BCUT2D eigenvalue weighted by Gasteiger charge is 2.39. The predicted octanol–water partition coefficient (Wildman–Crippen LogP) is 4.65. The molecule has 6 nitrogen and oxygen atoms in total. The van der Waals surface area contributed by atoms with Crippen LogP contribution in [-0.4, -0.2) is 45.4 Å². The molecule has 1 fully saturated rings. The number of benzene rings is 2. The topological polar surface area (TPSA) is 62.7 Å². The number of fused-ring (bicyclic) bond motifs is 1. The zero-order valence-corrected chi connectivity index (χ0v) is 18.2. The third-order valence-corrected chi connectivity index (χ3v) is 5.85. The number of hydrogen-bond donors (Lipinski definition) is 0. The molecule has 7 heteroatoms. The molecule has 0 spiro atoms. The van der Waals surface area contributed by atoms with Gasteiger partial charge >= 0.3 is 6.09 Å². The van der Waals surface area contributed by atoms with Crippen molar-refractivity contribution in [2.75, 3.05) is 6.54 Å². The lowest BCUT2D eigenvalue weighted by atomic mass is 10.1. The number of aromatic nitrogens is 1. The second-order valence-corrected chi connectivity index (χ2v) is 8.21. The van der Waals surface area contributed by atoms with Gasteiger partial charge in [-0.05, 0) is 31.5 Å². The van der Waals surface area contributed by atoms with E-state index in [1.807, 2.05) is 61.5 Å². The van der Waals surface area contributed by atoms with Crippen LogP contribution in [0.3, 0.4) is 0 Å². The molecule has 2 amide bonds. The molecule has 1 aliphatic rings. The van der Waals surface area contributed by atoms with Crippen LogP contribution in [0, 0.1) is 0 Å². The first-order chi connectivity index (χ1) is 14.9. The molecule has 0 saturated carbocycles. The van der Waals surface area contributed by atoms with Crippen molar-refractivity contribution >= 4 is 34.5 Å². The molecule has 2 heterocycles. The first-order valence-corrected chi connectivity index (χ1v) is 10.6. The van der Waals surface area contributed by atoms with Gasteiger partial charge in [0.05, 0.1) is 28.8 Å². The number of hydrogen-bond acceptors (Lipinski definition) is 4. The van der Waals surface area contributed by atoms with Crippen LogP contribution in [0.2, 0.25) is 5.02 Å². The second-order valence-electron chi connectivity index (χ2n) is 7.80. The molecular weight excluding hydrogens is 414 g/mol. The van der Waals surface area contributed by atoms with Crippen molar-refractivity contribution in [2.24, 2.45) is 0 Å². The lowest BCUT2D eigenvalue weighted by Crippen LogP contribution is -2.61. The van der Waals surface area contributed by atoms with Crippen molar-refractivity contribution in [3.63, 3.8) is 0 Å². The summed E-state index contributed by atoms with van der Waals surface area (Å²) in [6.07, 6.45) is -0.483. The Bertz CT molecular complexity index is 1110. The number of piperazine rings is 1. The van der Waals surface area contributed by atoms with Crippen molar-refractivity contribution in [3.8, 4) is 0 Å². The Morgan fingerprint density at radius 3 is 2.61 bits per heavy atom. The Morgan fingerprint density at radius 2 is 1.84 bits per heavy atom. The summed E-state index contributed by atoms with van der Waals surface area (Å²) in [5.74, 6) is -0.138. The normalized spacial score (nSPS) is 19.0. The van der Waals surface area contributed by atoms with Gasteiger partial charge in [0.25, 0.3) is 0 Å². The van der Waals surface area contributed by atoms with Gasteiger partial charge < -0.3 is 9.64 Å². The van der Waals surface area contributed by atoms with Crippen molar-refractivity contribution < 1.29 is 14.3 Å². The number of carbonyl (C=O) groups is 2. The van der Waals surface area contributed by atoms with Crippen molar-refractivity contribution in [1.82, 2.24) is 14.8 Å². The first kappa shape index (κ1) is 21.1. The molecule has 2 aromatic carbocycles. The Balaban J connectivity index is 1.45. The Morgan fingerprint density at radius 1 is 1.13 bits per heavy atom. The monoisotopic (exact) mass is 437 g/mol. The lowest BCUT2D eigenvalue weighted by Gasteiger charge is -2.42.